The minimum Gasteiger partial charge on any atom is -0.507 e. The molecule has 0 aliphatic rings. The van der Waals surface area contributed by atoms with Crippen LogP contribution in [0.1, 0.15) is 10.5 Å². The number of aromatic amines is 1. The molecule has 2 heterocycles. The van der Waals surface area contributed by atoms with E-state index in [1.54, 1.807) is 72.8 Å². The SMILES string of the molecule is Nc1ccccc1N.Nc1ccccc1O.Nc1ccccc1S.O=C(O)c1ncccc1O.O=c1[nH]cccc1O.Oc1ccccc1O.Oc1ccccc1S.Sc1ccccc1S. The molecule has 0 saturated carbocycles. The fourth-order valence-corrected chi connectivity index (χ4v) is 4.50. The summed E-state index contributed by atoms with van der Waals surface area (Å²) in [5, 5.41) is 60.7. The van der Waals surface area contributed by atoms with Crippen molar-refractivity contribution in [2.45, 2.75) is 19.6 Å². The molecule has 8 rings (SSSR count). The Hall–Kier alpha value is -7.71. The number of hydrogen-bond donors (Lipinski definition) is 16. The first kappa shape index (κ1) is 56.3. The van der Waals surface area contributed by atoms with Gasteiger partial charge in [0.2, 0.25) is 0 Å². The Kier molecular flexibility index (Phi) is 27.3. The van der Waals surface area contributed by atoms with Gasteiger partial charge >= 0.3 is 5.97 Å². The molecule has 346 valence electrons. The summed E-state index contributed by atoms with van der Waals surface area (Å²) in [7, 11) is 0. The average molecular weight is 971 g/mol. The zero-order chi connectivity index (χ0) is 49.4. The first-order valence-electron chi connectivity index (χ1n) is 18.7. The molecular weight excluding hydrogens is 921 g/mol. The van der Waals surface area contributed by atoms with Gasteiger partial charge in [0, 0.05) is 37.7 Å². The number of benzene rings is 6. The lowest BCUT2D eigenvalue weighted by atomic mass is 10.3. The van der Waals surface area contributed by atoms with Crippen LogP contribution in [0.3, 0.4) is 0 Å². The van der Waals surface area contributed by atoms with Crippen LogP contribution in [-0.2, 0) is 0 Å². The Morgan fingerprint density at radius 3 is 1.02 bits per heavy atom. The van der Waals surface area contributed by atoms with E-state index in [9.17, 15) is 9.59 Å². The van der Waals surface area contributed by atoms with Crippen molar-refractivity contribution in [2.75, 3.05) is 22.9 Å². The Morgan fingerprint density at radius 2 is 0.773 bits per heavy atom. The highest BCUT2D eigenvalue weighted by Crippen LogP contribution is 2.22. The van der Waals surface area contributed by atoms with E-state index in [-0.39, 0.29) is 40.2 Å². The predicted octanol–water partition coefficient (Wildman–Crippen LogP) is 8.99. The van der Waals surface area contributed by atoms with Crippen molar-refractivity contribution in [3.8, 4) is 34.5 Å². The summed E-state index contributed by atoms with van der Waals surface area (Å²) in [5.74, 6) is -1.55. The zero-order valence-corrected chi connectivity index (χ0v) is 38.4. The number of nitrogens with two attached hydrogens (primary N) is 4. The summed E-state index contributed by atoms with van der Waals surface area (Å²) < 4.78 is 0. The number of aromatic nitrogens is 2. The van der Waals surface area contributed by atoms with Crippen molar-refractivity contribution in [3.63, 3.8) is 0 Å². The van der Waals surface area contributed by atoms with E-state index in [2.05, 4.69) is 60.5 Å². The summed E-state index contributed by atoms with van der Waals surface area (Å²) in [6.07, 6.45) is 2.77. The van der Waals surface area contributed by atoms with E-state index in [1.807, 2.05) is 66.7 Å². The van der Waals surface area contributed by atoms with Crippen LogP contribution in [0, 0.1) is 0 Å². The molecule has 8 aromatic rings. The number of phenols is 4. The van der Waals surface area contributed by atoms with E-state index >= 15 is 0 Å². The number of aromatic carboxylic acids is 1. The Morgan fingerprint density at radius 1 is 0.409 bits per heavy atom. The molecule has 16 N–H and O–H groups in total. The Labute approximate surface area is 403 Å². The number of H-pyrrole nitrogens is 1. The molecule has 0 aliphatic carbocycles. The molecule has 19 heteroatoms. The number of carboxylic acid groups (broad SMARTS) is 1. The second-order valence-corrected chi connectivity index (χ2v) is 14.2. The molecule has 6 aromatic carbocycles. The number of carboxylic acids is 1. The van der Waals surface area contributed by atoms with Crippen LogP contribution in [0.25, 0.3) is 0 Å². The second-order valence-electron chi connectivity index (χ2n) is 12.3. The number of rotatable bonds is 1. The summed E-state index contributed by atoms with van der Waals surface area (Å²) in [4.78, 5) is 29.5. The van der Waals surface area contributed by atoms with E-state index in [0.29, 0.717) is 22.0 Å². The fraction of sp³-hybridized carbons (Fsp3) is 0. The molecule has 0 bridgehead atoms. The van der Waals surface area contributed by atoms with E-state index < -0.39 is 11.5 Å². The van der Waals surface area contributed by atoms with Gasteiger partial charge in [-0.25, -0.2) is 9.78 Å². The van der Waals surface area contributed by atoms with Gasteiger partial charge in [-0.3, -0.25) is 4.79 Å². The van der Waals surface area contributed by atoms with Crippen molar-refractivity contribution < 1.29 is 40.5 Å². The molecule has 0 atom stereocenters. The van der Waals surface area contributed by atoms with Crippen LogP contribution in [0.2, 0.25) is 0 Å². The molecule has 2 aromatic heterocycles. The number of anilines is 4. The van der Waals surface area contributed by atoms with Gasteiger partial charge in [-0.1, -0.05) is 72.8 Å². The summed E-state index contributed by atoms with van der Waals surface area (Å²) >= 11 is 16.3. The van der Waals surface area contributed by atoms with Crippen molar-refractivity contribution in [3.05, 3.63) is 198 Å². The Bertz CT molecular complexity index is 2250. The number of phenolic OH excluding ortho intramolecular Hbond substituents is 4. The lowest BCUT2D eigenvalue weighted by molar-refractivity contribution is 0.0687. The second kappa shape index (κ2) is 32.0. The van der Waals surface area contributed by atoms with Crippen molar-refractivity contribution in [1.82, 2.24) is 9.97 Å². The third kappa shape index (κ3) is 24.2. The van der Waals surface area contributed by atoms with Crippen LogP contribution >= 0.6 is 50.5 Å². The van der Waals surface area contributed by atoms with Gasteiger partial charge in [-0.05, 0) is 97.1 Å². The number of pyridine rings is 2. The van der Waals surface area contributed by atoms with Gasteiger partial charge in [0.05, 0.1) is 17.1 Å². The van der Waals surface area contributed by atoms with Gasteiger partial charge in [0.15, 0.2) is 22.9 Å². The van der Waals surface area contributed by atoms with Crippen LogP contribution in [0.5, 0.6) is 34.5 Å². The van der Waals surface area contributed by atoms with Gasteiger partial charge < -0.3 is 63.7 Å². The van der Waals surface area contributed by atoms with Crippen LogP contribution < -0.4 is 28.5 Å². The molecule has 0 amide bonds. The smallest absolute Gasteiger partial charge is 0.358 e. The monoisotopic (exact) mass is 970 g/mol. The minimum absolute atomic E-state index is 0.0764. The largest absolute Gasteiger partial charge is 0.507 e. The number of para-hydroxylation sites is 8. The number of aromatic hydroxyl groups is 6. The number of nitrogens with one attached hydrogen (secondary N) is 1. The summed E-state index contributed by atoms with van der Waals surface area (Å²) in [6.45, 7) is 0. The highest BCUT2D eigenvalue weighted by atomic mass is 32.1. The lowest BCUT2D eigenvalue weighted by Crippen LogP contribution is -2.01. The fourth-order valence-electron chi connectivity index (χ4n) is 3.85. The molecule has 66 heavy (non-hydrogen) atoms. The van der Waals surface area contributed by atoms with Crippen LogP contribution in [0.15, 0.2) is 207 Å². The molecule has 0 unspecified atom stereocenters. The number of nitrogens with zero attached hydrogens (tertiary/aromatic N) is 1. The maximum atomic E-state index is 10.3. The van der Waals surface area contributed by atoms with Crippen molar-refractivity contribution in [1.29, 1.82) is 0 Å². The molecule has 0 aliphatic heterocycles. The Balaban J connectivity index is 0.000000378. The average Bonchev–Trinajstić information content (AvgIpc) is 3.30. The topological polar surface area (TPSA) is 309 Å². The van der Waals surface area contributed by atoms with E-state index in [1.165, 1.54) is 42.7 Å². The normalized spacial score (nSPS) is 9.09. The van der Waals surface area contributed by atoms with Gasteiger partial charge in [-0.15, -0.1) is 50.5 Å². The molecule has 15 nitrogen and oxygen atoms in total. The van der Waals surface area contributed by atoms with Crippen LogP contribution in [-0.4, -0.2) is 51.7 Å². The van der Waals surface area contributed by atoms with Crippen molar-refractivity contribution in [2.24, 2.45) is 0 Å². The van der Waals surface area contributed by atoms with E-state index in [0.717, 1.165) is 20.4 Å². The number of hydrogen-bond acceptors (Lipinski definition) is 17. The molecule has 0 fully saturated rings. The maximum absolute atomic E-state index is 10.3. The number of thiol groups is 4. The predicted molar refractivity (Wildman–Crippen MR) is 274 cm³/mol. The quantitative estimate of drug-likeness (QED) is 0.0415. The van der Waals surface area contributed by atoms with E-state index in [4.69, 9.17) is 58.7 Å². The molecular formula is C47H50N6O9S4. The van der Waals surface area contributed by atoms with Gasteiger partial charge in [0.1, 0.15) is 17.2 Å². The number of carbonyl (C=O) groups is 1. The highest BCUT2D eigenvalue weighted by Gasteiger charge is 2.08. The zero-order valence-electron chi connectivity index (χ0n) is 34.8. The highest BCUT2D eigenvalue weighted by molar-refractivity contribution is 7.83. The van der Waals surface area contributed by atoms with Gasteiger partial charge in [0.25, 0.3) is 5.56 Å². The van der Waals surface area contributed by atoms with Crippen molar-refractivity contribution >= 4 is 79.2 Å². The lowest BCUT2D eigenvalue weighted by Gasteiger charge is -1.94. The molecule has 0 spiro atoms. The summed E-state index contributed by atoms with van der Waals surface area (Å²) in [5.41, 5.74) is 23.2. The summed E-state index contributed by atoms with van der Waals surface area (Å²) in [6, 6.07) is 47.8. The van der Waals surface area contributed by atoms with Crippen LogP contribution in [0.4, 0.5) is 22.7 Å². The molecule has 0 saturated heterocycles. The number of nitrogen functional groups attached to an aromatic ring is 4. The third-order valence-electron chi connectivity index (χ3n) is 7.30. The van der Waals surface area contributed by atoms with Gasteiger partial charge in [-0.2, -0.15) is 0 Å². The maximum Gasteiger partial charge on any atom is 0.358 e. The first-order valence-corrected chi connectivity index (χ1v) is 20.5. The third-order valence-corrected chi connectivity index (χ3v) is 9.04. The minimum atomic E-state index is -1.22. The molecule has 0 radical (unpaired) electrons. The standard InChI is InChI=1S/C6H8N2.C6H5NO3.C6H7NO.C6H7NS.C6H6O2.C6H6OS.C6H6S2.C5H5NO2/c7-5-3-1-2-4-6(5)8;8-4-2-1-3-7-5(4)6(9)10;5*7-5-3-1-2-4-6(5)8;7-4-2-1-3-6-5(4)8/h1-4H,7-8H2;1-3,8H,(H,9,10);2*1-4,8H,7H2;3*1-4,7-8H;1-3,7H,(H,6,8). The first-order chi connectivity index (χ1) is 31.3.